The predicted molar refractivity (Wildman–Crippen MR) is 197 cm³/mol. The molecule has 14 heteroatoms. The Bertz CT molecular complexity index is 2140. The van der Waals surface area contributed by atoms with Gasteiger partial charge in [0.25, 0.3) is 10.0 Å². The molecule has 1 saturated heterocycles. The van der Waals surface area contributed by atoms with Crippen LogP contribution in [0.1, 0.15) is 12.8 Å². The first-order chi connectivity index (χ1) is 24.1. The topological polar surface area (TPSA) is 142 Å². The van der Waals surface area contributed by atoms with Gasteiger partial charge in [0.05, 0.1) is 27.3 Å². The highest BCUT2D eigenvalue weighted by molar-refractivity contribution is 7.90. The lowest BCUT2D eigenvalue weighted by Gasteiger charge is -2.33. The van der Waals surface area contributed by atoms with E-state index in [4.69, 9.17) is 16.6 Å². The van der Waals surface area contributed by atoms with Gasteiger partial charge in [0.1, 0.15) is 0 Å². The first-order valence-electron chi connectivity index (χ1n) is 16.1. The van der Waals surface area contributed by atoms with Crippen LogP contribution in [0.25, 0.3) is 22.2 Å². The minimum absolute atomic E-state index is 0.138. The third kappa shape index (κ3) is 7.96. The summed E-state index contributed by atoms with van der Waals surface area (Å²) in [5, 5.41) is 10.0. The summed E-state index contributed by atoms with van der Waals surface area (Å²) < 4.78 is 28.5. The molecule has 3 aromatic carbocycles. The predicted octanol–water partition coefficient (Wildman–Crippen LogP) is 6.15. The number of anilines is 3. The maximum absolute atomic E-state index is 13.6. The van der Waals surface area contributed by atoms with Crippen molar-refractivity contribution < 1.29 is 18.0 Å². The standard InChI is InChI=1S/C36H37ClN8O4S/c1-43(2)20-9-15-33(46)39-25-16-18-26(19-17-25)41-36(47)44-21-8-10-27(23-44)40-35-38-22-31(37)34(42-35)30-24-45(32-14-7-6-13-29(30)32)50(48,49)28-11-4-3-5-12-28/h3-7,9,11-19,22,24,27H,8,10,20-21,23H2,1-2H3,(H,39,46)(H,41,47)(H,38,40,42)/b15-9+. The van der Waals surface area contributed by atoms with Crippen molar-refractivity contribution in [3.05, 3.63) is 108 Å². The van der Waals surface area contributed by atoms with Gasteiger partial charge in [0, 0.05) is 60.3 Å². The molecule has 3 heterocycles. The van der Waals surface area contributed by atoms with Gasteiger partial charge in [0.2, 0.25) is 11.9 Å². The van der Waals surface area contributed by atoms with E-state index in [9.17, 15) is 18.0 Å². The largest absolute Gasteiger partial charge is 0.350 e. The van der Waals surface area contributed by atoms with E-state index in [1.165, 1.54) is 16.2 Å². The molecule has 0 bridgehead atoms. The van der Waals surface area contributed by atoms with E-state index in [1.807, 2.05) is 31.1 Å². The number of piperidine rings is 1. The van der Waals surface area contributed by atoms with Crippen LogP contribution in [0, 0.1) is 0 Å². The second kappa shape index (κ2) is 15.1. The highest BCUT2D eigenvalue weighted by atomic mass is 35.5. The zero-order valence-electron chi connectivity index (χ0n) is 27.6. The number of halogens is 1. The third-order valence-corrected chi connectivity index (χ3v) is 10.1. The van der Waals surface area contributed by atoms with Gasteiger partial charge in [-0.15, -0.1) is 0 Å². The number of urea groups is 1. The van der Waals surface area contributed by atoms with Crippen molar-refractivity contribution in [3.8, 4) is 11.3 Å². The van der Waals surface area contributed by atoms with Crippen molar-refractivity contribution >= 4 is 61.8 Å². The van der Waals surface area contributed by atoms with Gasteiger partial charge in [-0.3, -0.25) is 4.79 Å². The molecule has 1 atom stereocenters. The number of likely N-dealkylation sites (tertiary alicyclic amines) is 1. The Morgan fingerprint density at radius 2 is 1.68 bits per heavy atom. The van der Waals surface area contributed by atoms with Gasteiger partial charge in [-0.05, 0) is 69.4 Å². The molecule has 1 aliphatic rings. The Morgan fingerprint density at radius 1 is 0.980 bits per heavy atom. The number of nitrogens with zero attached hydrogens (tertiary/aromatic N) is 5. The van der Waals surface area contributed by atoms with Crippen molar-refractivity contribution in [2.45, 2.75) is 23.8 Å². The van der Waals surface area contributed by atoms with Crippen molar-refractivity contribution in [2.24, 2.45) is 0 Å². The molecule has 1 unspecified atom stereocenters. The molecule has 3 N–H and O–H groups in total. The van der Waals surface area contributed by atoms with Gasteiger partial charge in [-0.2, -0.15) is 0 Å². The van der Waals surface area contributed by atoms with Crippen LogP contribution in [0.4, 0.5) is 22.1 Å². The smallest absolute Gasteiger partial charge is 0.321 e. The van der Waals surface area contributed by atoms with E-state index in [0.717, 1.165) is 12.8 Å². The number of likely N-dealkylation sites (N-methyl/N-ethyl adjacent to an activating group) is 1. The molecule has 0 spiro atoms. The molecular formula is C36H37ClN8O4S. The zero-order valence-corrected chi connectivity index (χ0v) is 29.2. The number of carbonyl (C=O) groups excluding carboxylic acids is 2. The first-order valence-corrected chi connectivity index (χ1v) is 17.9. The number of benzene rings is 3. The third-order valence-electron chi connectivity index (χ3n) is 8.16. The average Bonchev–Trinajstić information content (AvgIpc) is 3.51. The van der Waals surface area contributed by atoms with E-state index in [0.29, 0.717) is 59.1 Å². The number of hydrogen-bond acceptors (Lipinski definition) is 8. The Morgan fingerprint density at radius 3 is 2.42 bits per heavy atom. The van der Waals surface area contributed by atoms with Gasteiger partial charge >= 0.3 is 6.03 Å². The highest BCUT2D eigenvalue weighted by Crippen LogP contribution is 2.36. The molecule has 5 aromatic rings. The number of nitrogens with one attached hydrogen (secondary N) is 3. The van der Waals surface area contributed by atoms with Crippen LogP contribution in [-0.2, 0) is 14.8 Å². The fraction of sp³-hybridized carbons (Fsp3) is 0.222. The number of fused-ring (bicyclic) bond motifs is 1. The molecule has 3 amide bonds. The van der Waals surface area contributed by atoms with Gasteiger partial charge in [0.15, 0.2) is 0 Å². The highest BCUT2D eigenvalue weighted by Gasteiger charge is 2.26. The van der Waals surface area contributed by atoms with Gasteiger partial charge in [-0.25, -0.2) is 27.2 Å². The number of rotatable bonds is 10. The number of carbonyl (C=O) groups is 2. The zero-order chi connectivity index (χ0) is 35.3. The Kier molecular flexibility index (Phi) is 10.5. The van der Waals surface area contributed by atoms with Crippen molar-refractivity contribution in [2.75, 3.05) is 49.7 Å². The molecule has 2 aromatic heterocycles. The second-order valence-corrected chi connectivity index (χ2v) is 14.4. The average molecular weight is 713 g/mol. The number of aromatic nitrogens is 3. The maximum Gasteiger partial charge on any atom is 0.321 e. The van der Waals surface area contributed by atoms with E-state index < -0.39 is 10.0 Å². The van der Waals surface area contributed by atoms with Crippen molar-refractivity contribution in [3.63, 3.8) is 0 Å². The van der Waals surface area contributed by atoms with Gasteiger partial charge in [-0.1, -0.05) is 54.1 Å². The monoisotopic (exact) mass is 712 g/mol. The lowest BCUT2D eigenvalue weighted by atomic mass is 10.1. The maximum atomic E-state index is 13.6. The number of hydrogen-bond donors (Lipinski definition) is 3. The van der Waals surface area contributed by atoms with E-state index in [2.05, 4.69) is 20.9 Å². The number of para-hydroxylation sites is 1. The summed E-state index contributed by atoms with van der Waals surface area (Å²) in [6.45, 7) is 1.66. The Balaban J connectivity index is 1.13. The van der Waals surface area contributed by atoms with Crippen LogP contribution in [0.15, 0.2) is 108 Å². The summed E-state index contributed by atoms with van der Waals surface area (Å²) in [5.41, 5.74) is 2.65. The fourth-order valence-corrected chi connectivity index (χ4v) is 7.31. The molecule has 1 fully saturated rings. The van der Waals surface area contributed by atoms with E-state index >= 15 is 0 Å². The summed E-state index contributed by atoms with van der Waals surface area (Å²) in [6, 6.07) is 22.0. The normalized spacial score (nSPS) is 15.0. The van der Waals surface area contributed by atoms with Crippen molar-refractivity contribution in [1.82, 2.24) is 23.7 Å². The summed E-state index contributed by atoms with van der Waals surface area (Å²) in [4.78, 5) is 38.3. The molecule has 12 nitrogen and oxygen atoms in total. The summed E-state index contributed by atoms with van der Waals surface area (Å²) >= 11 is 6.62. The summed E-state index contributed by atoms with van der Waals surface area (Å²) in [5.74, 6) is 0.0867. The van der Waals surface area contributed by atoms with Crippen LogP contribution in [0.3, 0.4) is 0 Å². The first kappa shape index (κ1) is 34.6. The lowest BCUT2D eigenvalue weighted by Crippen LogP contribution is -2.47. The Labute approximate surface area is 295 Å². The number of amides is 3. The molecule has 50 heavy (non-hydrogen) atoms. The molecule has 0 saturated carbocycles. The molecule has 0 aliphatic carbocycles. The molecule has 6 rings (SSSR count). The molecule has 1 aliphatic heterocycles. The minimum atomic E-state index is -3.90. The molecule has 258 valence electrons. The van der Waals surface area contributed by atoms with Gasteiger partial charge < -0.3 is 25.8 Å². The Hall–Kier alpha value is -5.24. The van der Waals surface area contributed by atoms with Crippen LogP contribution in [0.2, 0.25) is 5.02 Å². The van der Waals surface area contributed by atoms with Crippen molar-refractivity contribution in [1.29, 1.82) is 0 Å². The molecule has 0 radical (unpaired) electrons. The van der Waals surface area contributed by atoms with E-state index in [-0.39, 0.29) is 27.9 Å². The SMILES string of the molecule is CN(C)C/C=C/C(=O)Nc1ccc(NC(=O)N2CCCC(Nc3ncc(Cl)c(-c4cn(S(=O)(=O)c5ccccc5)c5ccccc45)n3)C2)cc1. The summed E-state index contributed by atoms with van der Waals surface area (Å²) in [7, 11) is -0.0500. The van der Waals surface area contributed by atoms with Crippen LogP contribution < -0.4 is 16.0 Å². The quantitative estimate of drug-likeness (QED) is 0.146. The lowest BCUT2D eigenvalue weighted by molar-refractivity contribution is -0.111. The van der Waals surface area contributed by atoms with Crippen LogP contribution >= 0.6 is 11.6 Å². The van der Waals surface area contributed by atoms with Crippen LogP contribution in [0.5, 0.6) is 0 Å². The summed E-state index contributed by atoms with van der Waals surface area (Å²) in [6.07, 6.45) is 7.86. The minimum Gasteiger partial charge on any atom is -0.350 e. The molecular weight excluding hydrogens is 676 g/mol. The second-order valence-electron chi connectivity index (χ2n) is 12.2. The van der Waals surface area contributed by atoms with Crippen LogP contribution in [-0.4, -0.2) is 83.9 Å². The van der Waals surface area contributed by atoms with E-state index in [1.54, 1.807) is 83.9 Å². The fourth-order valence-electron chi connectivity index (χ4n) is 5.72.